The lowest BCUT2D eigenvalue weighted by atomic mass is 10.0. The summed E-state index contributed by atoms with van der Waals surface area (Å²) in [6, 6.07) is 5.17. The molecule has 1 aliphatic heterocycles. The summed E-state index contributed by atoms with van der Waals surface area (Å²) in [4.78, 5) is 17.1. The maximum absolute atomic E-state index is 14.2. The summed E-state index contributed by atoms with van der Waals surface area (Å²) in [5.74, 6) is -2.99. The van der Waals surface area contributed by atoms with Gasteiger partial charge in [0.25, 0.3) is 0 Å². The Bertz CT molecular complexity index is 1200. The zero-order valence-corrected chi connectivity index (χ0v) is 17.5. The highest BCUT2D eigenvalue weighted by molar-refractivity contribution is 6.30. The number of methoxy groups -OCH3 is 1. The number of aryl methyl sites for hydroxylation is 1. The van der Waals surface area contributed by atoms with Gasteiger partial charge in [-0.15, -0.1) is 0 Å². The van der Waals surface area contributed by atoms with E-state index in [0.717, 1.165) is 11.8 Å². The molecular formula is C21H16ClF4N3O3. The number of hydrogen-bond donors (Lipinski definition) is 0. The van der Waals surface area contributed by atoms with E-state index in [-0.39, 0.29) is 34.4 Å². The SMILES string of the molecule is COc1cc(N(C(=O)C(F)(F)F)C2COc3c(F)cc(Cl)cc32)ccc1-n1cnc(C)c1. The first-order valence-electron chi connectivity index (χ1n) is 9.31. The molecule has 11 heteroatoms. The minimum Gasteiger partial charge on any atom is -0.494 e. The zero-order chi connectivity index (χ0) is 23.2. The van der Waals surface area contributed by atoms with Crippen molar-refractivity contribution >= 4 is 23.2 Å². The normalized spacial score (nSPS) is 15.3. The van der Waals surface area contributed by atoms with E-state index in [4.69, 9.17) is 21.1 Å². The third-order valence-corrected chi connectivity index (χ3v) is 5.20. The van der Waals surface area contributed by atoms with Crippen LogP contribution in [0.2, 0.25) is 5.02 Å². The van der Waals surface area contributed by atoms with Gasteiger partial charge in [-0.1, -0.05) is 11.6 Å². The number of alkyl halides is 3. The summed E-state index contributed by atoms with van der Waals surface area (Å²) in [6.45, 7) is 1.40. The van der Waals surface area contributed by atoms with Crippen LogP contribution in [-0.2, 0) is 4.79 Å². The second-order valence-electron chi connectivity index (χ2n) is 7.08. The minimum atomic E-state index is -5.19. The summed E-state index contributed by atoms with van der Waals surface area (Å²) in [7, 11) is 1.35. The third kappa shape index (κ3) is 3.86. The summed E-state index contributed by atoms with van der Waals surface area (Å²) in [5, 5.41) is -0.0282. The van der Waals surface area contributed by atoms with Gasteiger partial charge >= 0.3 is 12.1 Å². The van der Waals surface area contributed by atoms with Gasteiger partial charge in [-0.05, 0) is 31.2 Å². The Labute approximate surface area is 184 Å². The van der Waals surface area contributed by atoms with Crippen LogP contribution in [0.1, 0.15) is 17.3 Å². The Balaban J connectivity index is 1.84. The van der Waals surface area contributed by atoms with Crippen molar-refractivity contribution in [3.05, 3.63) is 65.0 Å². The highest BCUT2D eigenvalue weighted by Crippen LogP contribution is 2.44. The molecule has 0 saturated heterocycles. The number of ether oxygens (including phenoxy) is 2. The molecule has 2 heterocycles. The lowest BCUT2D eigenvalue weighted by molar-refractivity contribution is -0.171. The molecule has 1 atom stereocenters. The van der Waals surface area contributed by atoms with Gasteiger partial charge in [0.05, 0.1) is 30.9 Å². The largest absolute Gasteiger partial charge is 0.494 e. The molecule has 32 heavy (non-hydrogen) atoms. The fourth-order valence-corrected chi connectivity index (χ4v) is 3.82. The first kappa shape index (κ1) is 21.9. The average Bonchev–Trinajstić information content (AvgIpc) is 3.34. The molecule has 0 radical (unpaired) electrons. The van der Waals surface area contributed by atoms with E-state index < -0.39 is 23.9 Å². The number of aromatic nitrogens is 2. The van der Waals surface area contributed by atoms with Crippen LogP contribution in [0.5, 0.6) is 11.5 Å². The van der Waals surface area contributed by atoms with Crippen LogP contribution in [0.3, 0.4) is 0 Å². The maximum Gasteiger partial charge on any atom is 0.471 e. The smallest absolute Gasteiger partial charge is 0.471 e. The lowest BCUT2D eigenvalue weighted by Crippen LogP contribution is -2.44. The number of benzene rings is 2. The van der Waals surface area contributed by atoms with Crippen molar-refractivity contribution in [3.63, 3.8) is 0 Å². The molecule has 3 aromatic rings. The van der Waals surface area contributed by atoms with Crippen LogP contribution < -0.4 is 14.4 Å². The standard InChI is InChI=1S/C21H16ClF4N3O3/c1-11-8-28(10-27-11)16-4-3-13(7-18(16)31-2)29(20(30)21(24,25)26)17-9-32-19-14(17)5-12(22)6-15(19)23/h3-8,10,17H,9H2,1-2H3. The van der Waals surface area contributed by atoms with Gasteiger partial charge < -0.3 is 14.0 Å². The summed E-state index contributed by atoms with van der Waals surface area (Å²) in [6.07, 6.45) is -1.95. The quantitative estimate of drug-likeness (QED) is 0.504. The summed E-state index contributed by atoms with van der Waals surface area (Å²) >= 11 is 5.90. The molecule has 4 rings (SSSR count). The van der Waals surface area contributed by atoms with E-state index in [1.807, 2.05) is 0 Å². The van der Waals surface area contributed by atoms with Crippen LogP contribution in [0.15, 0.2) is 42.9 Å². The predicted octanol–water partition coefficient (Wildman–Crippen LogP) is 5.01. The zero-order valence-electron chi connectivity index (χ0n) is 16.8. The lowest BCUT2D eigenvalue weighted by Gasteiger charge is -2.29. The number of imidazole rings is 1. The fraction of sp³-hybridized carbons (Fsp3) is 0.238. The molecule has 0 saturated carbocycles. The van der Waals surface area contributed by atoms with Crippen LogP contribution in [0, 0.1) is 12.7 Å². The second kappa shape index (κ2) is 8.01. The topological polar surface area (TPSA) is 56.6 Å². The number of nitrogens with zero attached hydrogens (tertiary/aromatic N) is 3. The van der Waals surface area contributed by atoms with Gasteiger partial charge in [-0.2, -0.15) is 13.2 Å². The Morgan fingerprint density at radius 1 is 1.31 bits per heavy atom. The van der Waals surface area contributed by atoms with Crippen LogP contribution in [-0.4, -0.2) is 35.4 Å². The molecule has 1 amide bonds. The maximum atomic E-state index is 14.2. The molecule has 2 aromatic carbocycles. The molecule has 0 bridgehead atoms. The molecule has 0 fully saturated rings. The third-order valence-electron chi connectivity index (χ3n) is 4.99. The highest BCUT2D eigenvalue weighted by atomic mass is 35.5. The Morgan fingerprint density at radius 2 is 2.06 bits per heavy atom. The van der Waals surface area contributed by atoms with E-state index in [1.165, 1.54) is 37.7 Å². The first-order chi connectivity index (χ1) is 15.1. The highest BCUT2D eigenvalue weighted by Gasteiger charge is 2.48. The van der Waals surface area contributed by atoms with Crippen LogP contribution in [0.25, 0.3) is 5.69 Å². The summed E-state index contributed by atoms with van der Waals surface area (Å²) < 4.78 is 67.1. The van der Waals surface area contributed by atoms with E-state index in [9.17, 15) is 22.4 Å². The molecule has 1 aliphatic rings. The molecule has 0 spiro atoms. The number of rotatable bonds is 4. The van der Waals surface area contributed by atoms with Crippen LogP contribution >= 0.6 is 11.6 Å². The van der Waals surface area contributed by atoms with Crippen molar-refractivity contribution in [2.45, 2.75) is 19.1 Å². The van der Waals surface area contributed by atoms with Crippen molar-refractivity contribution in [2.24, 2.45) is 0 Å². The van der Waals surface area contributed by atoms with E-state index in [1.54, 1.807) is 17.7 Å². The van der Waals surface area contributed by atoms with Crippen molar-refractivity contribution in [3.8, 4) is 17.2 Å². The first-order valence-corrected chi connectivity index (χ1v) is 9.69. The second-order valence-corrected chi connectivity index (χ2v) is 7.52. The monoisotopic (exact) mass is 469 g/mol. The molecule has 1 aromatic heterocycles. The number of anilines is 1. The Kier molecular flexibility index (Phi) is 5.49. The number of hydrogen-bond acceptors (Lipinski definition) is 4. The number of halogens is 5. The van der Waals surface area contributed by atoms with Gasteiger partial charge in [0, 0.05) is 28.5 Å². The predicted molar refractivity (Wildman–Crippen MR) is 108 cm³/mol. The van der Waals surface area contributed by atoms with Gasteiger partial charge in [-0.25, -0.2) is 9.37 Å². The number of amides is 1. The fourth-order valence-electron chi connectivity index (χ4n) is 3.60. The number of carbonyl (C=O) groups excluding carboxylic acids is 1. The molecule has 6 nitrogen and oxygen atoms in total. The molecule has 168 valence electrons. The number of fused-ring (bicyclic) bond motifs is 1. The Hall–Kier alpha value is -3.27. The van der Waals surface area contributed by atoms with Gasteiger partial charge in [-0.3, -0.25) is 9.69 Å². The molecule has 0 aliphatic carbocycles. The van der Waals surface area contributed by atoms with Crippen molar-refractivity contribution in [2.75, 3.05) is 18.6 Å². The summed E-state index contributed by atoms with van der Waals surface area (Å²) in [5.41, 5.74) is 1.17. The van der Waals surface area contributed by atoms with Gasteiger partial charge in [0.2, 0.25) is 0 Å². The van der Waals surface area contributed by atoms with Crippen molar-refractivity contribution in [1.82, 2.24) is 9.55 Å². The van der Waals surface area contributed by atoms with E-state index in [0.29, 0.717) is 10.6 Å². The molecule has 0 N–H and O–H groups in total. The van der Waals surface area contributed by atoms with E-state index in [2.05, 4.69) is 4.98 Å². The number of carbonyl (C=O) groups is 1. The van der Waals surface area contributed by atoms with Gasteiger partial charge in [0.1, 0.15) is 12.4 Å². The van der Waals surface area contributed by atoms with E-state index >= 15 is 0 Å². The molecular weight excluding hydrogens is 454 g/mol. The van der Waals surface area contributed by atoms with Crippen LogP contribution in [0.4, 0.5) is 23.2 Å². The minimum absolute atomic E-state index is 0.0282. The average molecular weight is 470 g/mol. The van der Waals surface area contributed by atoms with Crippen molar-refractivity contribution < 1.29 is 31.8 Å². The Morgan fingerprint density at radius 3 is 2.69 bits per heavy atom. The van der Waals surface area contributed by atoms with Crippen molar-refractivity contribution in [1.29, 1.82) is 0 Å². The molecule has 1 unspecified atom stereocenters. The van der Waals surface area contributed by atoms with Gasteiger partial charge in [0.15, 0.2) is 11.6 Å².